The summed E-state index contributed by atoms with van der Waals surface area (Å²) in [5.74, 6) is 0.445. The molecule has 2 bridgehead atoms. The smallest absolute Gasteiger partial charge is 0.123 e. The SMILES string of the molecule is CC(C)(NNOC1CN2CCC1CC2)c1cccc(-c2ccc(F)cc2)c1. The molecule has 0 radical (unpaired) electrons. The van der Waals surface area contributed by atoms with E-state index in [9.17, 15) is 4.39 Å². The molecule has 3 heterocycles. The average molecular weight is 369 g/mol. The summed E-state index contributed by atoms with van der Waals surface area (Å²) in [5.41, 5.74) is 9.23. The molecule has 0 spiro atoms. The van der Waals surface area contributed by atoms with Crippen LogP contribution < -0.4 is 11.0 Å². The summed E-state index contributed by atoms with van der Waals surface area (Å²) in [6, 6.07) is 14.9. The van der Waals surface area contributed by atoms with Gasteiger partial charge in [0, 0.05) is 6.54 Å². The van der Waals surface area contributed by atoms with Gasteiger partial charge >= 0.3 is 0 Å². The van der Waals surface area contributed by atoms with Crippen LogP contribution in [0.5, 0.6) is 0 Å². The van der Waals surface area contributed by atoms with Crippen LogP contribution in [0.2, 0.25) is 0 Å². The highest BCUT2D eigenvalue weighted by Gasteiger charge is 2.35. The van der Waals surface area contributed by atoms with Crippen molar-refractivity contribution in [2.75, 3.05) is 19.6 Å². The maximum atomic E-state index is 13.2. The van der Waals surface area contributed by atoms with Crippen LogP contribution in [-0.4, -0.2) is 30.6 Å². The van der Waals surface area contributed by atoms with E-state index in [1.807, 2.05) is 24.3 Å². The summed E-state index contributed by atoms with van der Waals surface area (Å²) in [6.07, 6.45) is 2.71. The Morgan fingerprint density at radius 1 is 1.04 bits per heavy atom. The molecule has 3 fully saturated rings. The second-order valence-corrected chi connectivity index (χ2v) is 8.23. The molecular weight excluding hydrogens is 341 g/mol. The zero-order valence-electron chi connectivity index (χ0n) is 16.0. The highest BCUT2D eigenvalue weighted by atomic mass is 19.1. The van der Waals surface area contributed by atoms with Crippen LogP contribution in [0.4, 0.5) is 4.39 Å². The lowest BCUT2D eigenvalue weighted by Gasteiger charge is -2.44. The second-order valence-electron chi connectivity index (χ2n) is 8.23. The Labute approximate surface area is 160 Å². The van der Waals surface area contributed by atoms with Gasteiger partial charge in [0.1, 0.15) is 5.82 Å². The molecule has 4 nitrogen and oxygen atoms in total. The molecule has 0 aliphatic carbocycles. The van der Waals surface area contributed by atoms with Crippen LogP contribution in [0.3, 0.4) is 0 Å². The summed E-state index contributed by atoms with van der Waals surface area (Å²) >= 11 is 0. The van der Waals surface area contributed by atoms with Crippen molar-refractivity contribution in [2.24, 2.45) is 5.92 Å². The van der Waals surface area contributed by atoms with Crippen molar-refractivity contribution in [1.29, 1.82) is 0 Å². The zero-order valence-corrected chi connectivity index (χ0v) is 16.0. The number of hydrogen-bond donors (Lipinski definition) is 2. The normalized spacial score (nSPS) is 24.9. The molecule has 2 aromatic rings. The van der Waals surface area contributed by atoms with Crippen molar-refractivity contribution in [3.63, 3.8) is 0 Å². The van der Waals surface area contributed by atoms with Gasteiger partial charge in [0.2, 0.25) is 0 Å². The minimum absolute atomic E-state index is 0.217. The van der Waals surface area contributed by atoms with Gasteiger partial charge in [0.15, 0.2) is 0 Å². The van der Waals surface area contributed by atoms with E-state index < -0.39 is 0 Å². The summed E-state index contributed by atoms with van der Waals surface area (Å²) in [6.45, 7) is 7.66. The van der Waals surface area contributed by atoms with Crippen molar-refractivity contribution in [3.05, 3.63) is 59.9 Å². The van der Waals surface area contributed by atoms with E-state index in [1.54, 1.807) is 0 Å². The monoisotopic (exact) mass is 369 g/mol. The van der Waals surface area contributed by atoms with Crippen LogP contribution in [0.15, 0.2) is 48.5 Å². The molecule has 0 aromatic heterocycles. The first-order valence-corrected chi connectivity index (χ1v) is 9.78. The Balaban J connectivity index is 1.39. The Bertz CT molecular complexity index is 769. The summed E-state index contributed by atoms with van der Waals surface area (Å²) < 4.78 is 13.2. The van der Waals surface area contributed by atoms with Gasteiger partial charge in [-0.25, -0.2) is 9.82 Å². The maximum absolute atomic E-state index is 13.2. The van der Waals surface area contributed by atoms with Crippen LogP contribution in [0.25, 0.3) is 11.1 Å². The predicted octanol–water partition coefficient (Wildman–Crippen LogP) is 3.85. The largest absolute Gasteiger partial charge is 0.301 e. The first-order chi connectivity index (χ1) is 13.0. The molecule has 5 rings (SSSR count). The quantitative estimate of drug-likeness (QED) is 0.759. The van der Waals surface area contributed by atoms with Crippen molar-refractivity contribution >= 4 is 0 Å². The molecule has 3 aliphatic rings. The van der Waals surface area contributed by atoms with Gasteiger partial charge in [-0.2, -0.15) is 0 Å². The zero-order chi connectivity index (χ0) is 18.9. The van der Waals surface area contributed by atoms with E-state index in [0.717, 1.165) is 23.2 Å². The lowest BCUT2D eigenvalue weighted by atomic mass is 9.86. The van der Waals surface area contributed by atoms with E-state index in [1.165, 1.54) is 38.1 Å². The van der Waals surface area contributed by atoms with Gasteiger partial charge in [-0.15, -0.1) is 5.59 Å². The molecule has 0 saturated carbocycles. The minimum atomic E-state index is -0.315. The van der Waals surface area contributed by atoms with Gasteiger partial charge in [-0.3, -0.25) is 4.84 Å². The first-order valence-electron chi connectivity index (χ1n) is 9.78. The van der Waals surface area contributed by atoms with E-state index in [4.69, 9.17) is 4.84 Å². The van der Waals surface area contributed by atoms with E-state index >= 15 is 0 Å². The van der Waals surface area contributed by atoms with Crippen LogP contribution in [0, 0.1) is 11.7 Å². The number of hydrazine groups is 1. The second kappa shape index (κ2) is 7.68. The van der Waals surface area contributed by atoms with Crippen molar-refractivity contribution in [2.45, 2.75) is 38.3 Å². The highest BCUT2D eigenvalue weighted by molar-refractivity contribution is 5.64. The number of hydrogen-bond acceptors (Lipinski definition) is 4. The third-order valence-electron chi connectivity index (χ3n) is 5.93. The summed E-state index contributed by atoms with van der Waals surface area (Å²) in [5, 5.41) is 0. The van der Waals surface area contributed by atoms with Crippen molar-refractivity contribution in [1.82, 2.24) is 15.9 Å². The lowest BCUT2D eigenvalue weighted by Crippen LogP contribution is -2.55. The highest BCUT2D eigenvalue weighted by Crippen LogP contribution is 2.29. The molecule has 27 heavy (non-hydrogen) atoms. The van der Waals surface area contributed by atoms with E-state index in [2.05, 4.69) is 41.9 Å². The molecule has 1 atom stereocenters. The molecule has 0 amide bonds. The van der Waals surface area contributed by atoms with Gasteiger partial charge in [0.05, 0.1) is 11.6 Å². The first kappa shape index (κ1) is 18.6. The van der Waals surface area contributed by atoms with Crippen molar-refractivity contribution < 1.29 is 9.23 Å². The van der Waals surface area contributed by atoms with Gasteiger partial charge in [0.25, 0.3) is 0 Å². The lowest BCUT2D eigenvalue weighted by molar-refractivity contribution is -0.132. The number of piperidine rings is 3. The maximum Gasteiger partial charge on any atom is 0.123 e. The van der Waals surface area contributed by atoms with Crippen molar-refractivity contribution in [3.8, 4) is 11.1 Å². The molecular formula is C22H28FN3O. The molecule has 1 unspecified atom stereocenters. The molecule has 2 N–H and O–H groups in total. The number of rotatable bonds is 6. The molecule has 3 saturated heterocycles. The van der Waals surface area contributed by atoms with E-state index in [-0.39, 0.29) is 17.5 Å². The third-order valence-corrected chi connectivity index (χ3v) is 5.93. The Morgan fingerprint density at radius 3 is 2.44 bits per heavy atom. The van der Waals surface area contributed by atoms with Gasteiger partial charge in [-0.1, -0.05) is 30.3 Å². The predicted molar refractivity (Wildman–Crippen MR) is 105 cm³/mol. The van der Waals surface area contributed by atoms with E-state index in [0.29, 0.717) is 5.92 Å². The minimum Gasteiger partial charge on any atom is -0.301 e. The molecule has 3 aliphatic heterocycles. The fourth-order valence-corrected chi connectivity index (χ4v) is 4.08. The third kappa shape index (κ3) is 4.22. The van der Waals surface area contributed by atoms with Crippen LogP contribution in [0.1, 0.15) is 32.3 Å². The summed E-state index contributed by atoms with van der Waals surface area (Å²) in [4.78, 5) is 8.43. The Hall–Kier alpha value is -1.79. The number of nitrogens with one attached hydrogen (secondary N) is 2. The molecule has 5 heteroatoms. The average Bonchev–Trinajstić information content (AvgIpc) is 2.69. The fourth-order valence-electron chi connectivity index (χ4n) is 4.08. The summed E-state index contributed by atoms with van der Waals surface area (Å²) in [7, 11) is 0. The fraction of sp³-hybridized carbons (Fsp3) is 0.455. The van der Waals surface area contributed by atoms with Crippen LogP contribution >= 0.6 is 0 Å². The Morgan fingerprint density at radius 2 is 1.78 bits per heavy atom. The number of benzene rings is 2. The number of nitrogens with zero attached hydrogens (tertiary/aromatic N) is 1. The molecule has 2 aromatic carbocycles. The standard InChI is InChI=1S/C22H28FN3O/c1-22(2,24-25-27-21-15-26-12-10-17(21)11-13-26)19-5-3-4-18(14-19)16-6-8-20(23)9-7-16/h3-9,14,17,21,24-25H,10-13,15H2,1-2H3. The Kier molecular flexibility index (Phi) is 5.28. The number of fused-ring (bicyclic) bond motifs is 3. The topological polar surface area (TPSA) is 36.5 Å². The number of halogens is 1. The van der Waals surface area contributed by atoms with Gasteiger partial charge < -0.3 is 4.90 Å². The van der Waals surface area contributed by atoms with Crippen LogP contribution in [-0.2, 0) is 10.4 Å². The molecule has 144 valence electrons. The van der Waals surface area contributed by atoms with Gasteiger partial charge in [-0.05, 0) is 80.6 Å².